The molecule has 0 radical (unpaired) electrons. The molecule has 0 saturated carbocycles. The number of benzene rings is 1. The summed E-state index contributed by atoms with van der Waals surface area (Å²) in [7, 11) is 0. The van der Waals surface area contributed by atoms with E-state index >= 15 is 0 Å². The van der Waals surface area contributed by atoms with Crippen molar-refractivity contribution in [3.63, 3.8) is 0 Å². The molecule has 0 aliphatic rings. The number of guanidine groups is 2. The van der Waals surface area contributed by atoms with Gasteiger partial charge in [0.05, 0.1) is 4.47 Å². The lowest BCUT2D eigenvalue weighted by molar-refractivity contribution is -0.461. The fourth-order valence-electron chi connectivity index (χ4n) is 0.983. The van der Waals surface area contributed by atoms with Crippen LogP contribution in [0.1, 0.15) is 0 Å². The van der Waals surface area contributed by atoms with E-state index < -0.39 is 11.6 Å². The Morgan fingerprint density at radius 2 is 1.81 bits per heavy atom. The molecule has 0 bridgehead atoms. The minimum Gasteiger partial charge on any atom is -0.275 e. The van der Waals surface area contributed by atoms with Crippen molar-refractivity contribution in [3.05, 3.63) is 28.2 Å². The van der Waals surface area contributed by atoms with Crippen molar-refractivity contribution in [1.82, 2.24) is 0 Å². The van der Waals surface area contributed by atoms with Crippen LogP contribution in [0, 0.1) is 11.6 Å². The molecule has 0 spiro atoms. The molecule has 1 aromatic carbocycles. The third kappa shape index (κ3) is 3.16. The number of nitrogens with one attached hydrogen (secondary N) is 2. The zero-order valence-corrected chi connectivity index (χ0v) is 9.61. The Kier molecular flexibility index (Phi) is 3.78. The van der Waals surface area contributed by atoms with Crippen LogP contribution < -0.4 is 27.2 Å². The Morgan fingerprint density at radius 3 is 2.31 bits per heavy atom. The molecule has 5 nitrogen and oxygen atoms in total. The van der Waals surface area contributed by atoms with Gasteiger partial charge in [0.2, 0.25) is 0 Å². The topological polar surface area (TPSA) is 106 Å². The maximum absolute atomic E-state index is 13.3. The van der Waals surface area contributed by atoms with Crippen LogP contribution in [0.15, 0.2) is 16.6 Å². The molecule has 8 heteroatoms. The number of hydrogen-bond donors (Lipinski definition) is 5. The average Bonchev–Trinajstić information content (AvgIpc) is 2.09. The second-order valence-electron chi connectivity index (χ2n) is 2.86. The highest BCUT2D eigenvalue weighted by Crippen LogP contribution is 2.21. The molecule has 0 aliphatic heterocycles. The van der Waals surface area contributed by atoms with E-state index in [1.807, 2.05) is 0 Å². The summed E-state index contributed by atoms with van der Waals surface area (Å²) in [6.07, 6.45) is 0. The first-order chi connectivity index (χ1) is 7.40. The standard InChI is InChI=1S/C8H8BrF2N5/c9-4-1-3(10)2-5(11)6(4)15-8(14)16-7(12)13/h1-2H,(H6,12,13,14,15,16)/p+2. The molecule has 0 aliphatic carbocycles. The van der Waals surface area contributed by atoms with Gasteiger partial charge in [-0.25, -0.2) is 13.8 Å². The smallest absolute Gasteiger partial charge is 0.275 e. The maximum Gasteiger partial charge on any atom is 0.390 e. The maximum atomic E-state index is 13.3. The van der Waals surface area contributed by atoms with E-state index in [0.29, 0.717) is 0 Å². The zero-order valence-electron chi connectivity index (χ0n) is 8.02. The van der Waals surface area contributed by atoms with E-state index in [-0.39, 0.29) is 22.1 Å². The highest BCUT2D eigenvalue weighted by atomic mass is 79.9. The van der Waals surface area contributed by atoms with Gasteiger partial charge in [0.15, 0.2) is 11.5 Å². The Morgan fingerprint density at radius 1 is 1.19 bits per heavy atom. The summed E-state index contributed by atoms with van der Waals surface area (Å²) >= 11 is 2.98. The fraction of sp³-hybridized carbons (Fsp3) is 0. The first-order valence-corrected chi connectivity index (χ1v) is 4.88. The zero-order chi connectivity index (χ0) is 12.3. The largest absolute Gasteiger partial charge is 0.390 e. The van der Waals surface area contributed by atoms with Crippen LogP contribution in [-0.2, 0) is 0 Å². The van der Waals surface area contributed by atoms with Crippen LogP contribution >= 0.6 is 15.9 Å². The van der Waals surface area contributed by atoms with Crippen LogP contribution in [0.5, 0.6) is 0 Å². The number of rotatable bonds is 1. The molecule has 86 valence electrons. The molecule has 8 N–H and O–H groups in total. The van der Waals surface area contributed by atoms with Gasteiger partial charge in [-0.2, -0.15) is 4.99 Å². The van der Waals surface area contributed by atoms with Gasteiger partial charge in [0.1, 0.15) is 5.82 Å². The lowest BCUT2D eigenvalue weighted by Gasteiger charge is -1.98. The van der Waals surface area contributed by atoms with E-state index in [4.69, 9.17) is 17.2 Å². The van der Waals surface area contributed by atoms with Gasteiger partial charge in [0, 0.05) is 6.07 Å². The highest BCUT2D eigenvalue weighted by molar-refractivity contribution is 9.10. The molecular weight excluding hydrogens is 284 g/mol. The van der Waals surface area contributed by atoms with Crippen molar-refractivity contribution in [3.8, 4) is 0 Å². The molecule has 0 saturated heterocycles. The van der Waals surface area contributed by atoms with Gasteiger partial charge in [0.25, 0.3) is 0 Å². The summed E-state index contributed by atoms with van der Waals surface area (Å²) in [5, 5.41) is 0. The Balaban J connectivity index is 3.20. The molecular formula is C8H10BrF2N5+2. The highest BCUT2D eigenvalue weighted by Gasteiger charge is 2.12. The van der Waals surface area contributed by atoms with Gasteiger partial charge >= 0.3 is 11.9 Å². The predicted molar refractivity (Wildman–Crippen MR) is 58.2 cm³/mol. The third-order valence-electron chi connectivity index (χ3n) is 1.55. The fourth-order valence-corrected chi connectivity index (χ4v) is 1.49. The van der Waals surface area contributed by atoms with Gasteiger partial charge in [-0.15, -0.1) is 0 Å². The lowest BCUT2D eigenvalue weighted by atomic mass is 10.3. The SMILES string of the molecule is NC(N)=[NH+]C(N)=[NH+]c1c(F)cc(F)cc1Br. The molecule has 1 aromatic rings. The minimum atomic E-state index is -0.799. The van der Waals surface area contributed by atoms with Crippen molar-refractivity contribution >= 4 is 33.5 Å². The summed E-state index contributed by atoms with van der Waals surface area (Å²) in [6.45, 7) is 0. The van der Waals surface area contributed by atoms with Gasteiger partial charge in [-0.05, 0) is 22.0 Å². The van der Waals surface area contributed by atoms with Crippen LogP contribution in [0.2, 0.25) is 0 Å². The molecule has 16 heavy (non-hydrogen) atoms. The monoisotopic (exact) mass is 293 g/mol. The summed E-state index contributed by atoms with van der Waals surface area (Å²) < 4.78 is 26.3. The van der Waals surface area contributed by atoms with Crippen molar-refractivity contribution in [2.75, 3.05) is 0 Å². The Bertz CT molecular complexity index is 444. The molecule has 1 rings (SSSR count). The average molecular weight is 294 g/mol. The summed E-state index contributed by atoms with van der Waals surface area (Å²) in [6, 6.07) is 1.81. The molecule has 0 fully saturated rings. The van der Waals surface area contributed by atoms with Gasteiger partial charge < -0.3 is 0 Å². The van der Waals surface area contributed by atoms with Crippen LogP contribution in [0.4, 0.5) is 14.5 Å². The second kappa shape index (κ2) is 4.88. The van der Waals surface area contributed by atoms with Crippen LogP contribution in [0.25, 0.3) is 0 Å². The summed E-state index contributed by atoms with van der Waals surface area (Å²) in [5.41, 5.74) is 15.6. The summed E-state index contributed by atoms with van der Waals surface area (Å²) in [5.74, 6) is -1.73. The number of hydrogen-bond acceptors (Lipinski definition) is 0. The number of nitrogens with two attached hydrogens (primary N) is 3. The normalized spacial score (nSPS) is 11.3. The van der Waals surface area contributed by atoms with Crippen LogP contribution in [-0.4, -0.2) is 11.9 Å². The lowest BCUT2D eigenvalue weighted by Crippen LogP contribution is -2.96. The first kappa shape index (κ1) is 12.4. The molecule has 0 aromatic heterocycles. The summed E-state index contributed by atoms with van der Waals surface area (Å²) in [4.78, 5) is 4.79. The first-order valence-electron chi connectivity index (χ1n) is 4.09. The Labute approximate surface area is 98.2 Å². The van der Waals surface area contributed by atoms with Crippen molar-refractivity contribution in [1.29, 1.82) is 0 Å². The van der Waals surface area contributed by atoms with Crippen molar-refractivity contribution in [2.24, 2.45) is 17.2 Å². The van der Waals surface area contributed by atoms with Crippen molar-refractivity contribution in [2.45, 2.75) is 0 Å². The van der Waals surface area contributed by atoms with E-state index in [1.54, 1.807) is 0 Å². The van der Waals surface area contributed by atoms with Gasteiger partial charge in [-0.1, -0.05) is 0 Å². The van der Waals surface area contributed by atoms with E-state index in [1.165, 1.54) is 0 Å². The molecule has 0 atom stereocenters. The van der Waals surface area contributed by atoms with Gasteiger partial charge in [-0.3, -0.25) is 17.2 Å². The molecule has 0 heterocycles. The second-order valence-corrected chi connectivity index (χ2v) is 3.72. The number of halogens is 3. The minimum absolute atomic E-state index is 0.0207. The van der Waals surface area contributed by atoms with Crippen LogP contribution in [0.3, 0.4) is 0 Å². The van der Waals surface area contributed by atoms with Crippen molar-refractivity contribution < 1.29 is 18.8 Å². The quantitative estimate of drug-likeness (QED) is 0.283. The van der Waals surface area contributed by atoms with E-state index in [2.05, 4.69) is 25.9 Å². The third-order valence-corrected chi connectivity index (χ3v) is 2.17. The predicted octanol–water partition coefficient (Wildman–Crippen LogP) is -2.89. The Hall–Kier alpha value is -1.70. The molecule has 0 amide bonds. The van der Waals surface area contributed by atoms with E-state index in [0.717, 1.165) is 12.1 Å². The van der Waals surface area contributed by atoms with E-state index in [9.17, 15) is 8.78 Å². The molecule has 0 unspecified atom stereocenters.